The Balaban J connectivity index is 1.64. The summed E-state index contributed by atoms with van der Waals surface area (Å²) < 4.78 is 0. The van der Waals surface area contributed by atoms with Gasteiger partial charge < -0.3 is 5.32 Å². The second-order valence-electron chi connectivity index (χ2n) is 6.81. The van der Waals surface area contributed by atoms with E-state index < -0.39 is 0 Å². The van der Waals surface area contributed by atoms with Crippen LogP contribution in [0, 0.1) is 12.8 Å². The van der Waals surface area contributed by atoms with Crippen LogP contribution in [0.4, 0.5) is 0 Å². The summed E-state index contributed by atoms with van der Waals surface area (Å²) in [7, 11) is 0. The molecule has 1 atom stereocenters. The third-order valence-electron chi connectivity index (χ3n) is 4.25. The number of hydrogen-bond acceptors (Lipinski definition) is 4. The van der Waals surface area contributed by atoms with Crippen LogP contribution in [0.15, 0.2) is 70.6 Å². The van der Waals surface area contributed by atoms with E-state index in [-0.39, 0.29) is 11.1 Å². The Morgan fingerprint density at radius 3 is 2.54 bits per heavy atom. The summed E-state index contributed by atoms with van der Waals surface area (Å²) in [5, 5.41) is 11.8. The van der Waals surface area contributed by atoms with Gasteiger partial charge in [-0.1, -0.05) is 78.3 Å². The number of hydrogen-bond donors (Lipinski definition) is 1. The van der Waals surface area contributed by atoms with Gasteiger partial charge in [-0.15, -0.1) is 10.2 Å². The summed E-state index contributed by atoms with van der Waals surface area (Å²) in [6, 6.07) is 19.8. The number of carbonyl (C=O) groups is 1. The lowest BCUT2D eigenvalue weighted by molar-refractivity contribution is 0.0944. The standard InChI is InChI=1S/C22H22ClN3OS/c1-15-8-10-17(11-9-15)12-16(2)14-24-21(27)19-13-20(23)25-26-22(19)28-18-6-4-3-5-7-18/h3-11,13,16H,12,14H2,1-2H3,(H,24,27). The van der Waals surface area contributed by atoms with Crippen LogP contribution < -0.4 is 5.32 Å². The normalized spacial score (nSPS) is 11.8. The largest absolute Gasteiger partial charge is 0.352 e. The second-order valence-corrected chi connectivity index (χ2v) is 8.26. The summed E-state index contributed by atoms with van der Waals surface area (Å²) in [5.74, 6) is 0.119. The number of nitrogens with zero attached hydrogens (tertiary/aromatic N) is 2. The topological polar surface area (TPSA) is 54.9 Å². The SMILES string of the molecule is Cc1ccc(CC(C)CNC(=O)c2cc(Cl)nnc2Sc2ccccc2)cc1. The molecular weight excluding hydrogens is 390 g/mol. The van der Waals surface area contributed by atoms with Gasteiger partial charge in [0.25, 0.3) is 5.91 Å². The van der Waals surface area contributed by atoms with E-state index in [9.17, 15) is 4.79 Å². The highest BCUT2D eigenvalue weighted by Crippen LogP contribution is 2.29. The van der Waals surface area contributed by atoms with Crippen molar-refractivity contribution in [3.8, 4) is 0 Å². The predicted molar refractivity (Wildman–Crippen MR) is 114 cm³/mol. The Labute approximate surface area is 174 Å². The average molecular weight is 412 g/mol. The molecule has 3 rings (SSSR count). The number of amides is 1. The summed E-state index contributed by atoms with van der Waals surface area (Å²) in [6.07, 6.45) is 0.904. The molecule has 28 heavy (non-hydrogen) atoms. The van der Waals surface area contributed by atoms with E-state index in [0.29, 0.717) is 23.1 Å². The van der Waals surface area contributed by atoms with E-state index in [1.54, 1.807) is 6.07 Å². The van der Waals surface area contributed by atoms with Gasteiger partial charge >= 0.3 is 0 Å². The number of nitrogens with one attached hydrogen (secondary N) is 1. The van der Waals surface area contributed by atoms with Gasteiger partial charge in [-0.3, -0.25) is 4.79 Å². The van der Waals surface area contributed by atoms with E-state index >= 15 is 0 Å². The molecule has 4 nitrogen and oxygen atoms in total. The fraction of sp³-hybridized carbons (Fsp3) is 0.227. The molecule has 0 spiro atoms. The van der Waals surface area contributed by atoms with Crippen LogP contribution in [0.5, 0.6) is 0 Å². The molecule has 144 valence electrons. The molecule has 0 aliphatic rings. The minimum Gasteiger partial charge on any atom is -0.352 e. The zero-order valence-corrected chi connectivity index (χ0v) is 17.4. The maximum Gasteiger partial charge on any atom is 0.254 e. The van der Waals surface area contributed by atoms with E-state index in [1.165, 1.54) is 22.9 Å². The molecule has 3 aromatic rings. The Kier molecular flexibility index (Phi) is 7.06. The zero-order valence-electron chi connectivity index (χ0n) is 15.9. The first kappa shape index (κ1) is 20.4. The molecule has 6 heteroatoms. The van der Waals surface area contributed by atoms with E-state index in [2.05, 4.69) is 53.6 Å². The third kappa shape index (κ3) is 5.81. The van der Waals surface area contributed by atoms with Crippen molar-refractivity contribution >= 4 is 29.3 Å². The van der Waals surface area contributed by atoms with Crippen molar-refractivity contribution in [2.45, 2.75) is 30.2 Å². The number of benzene rings is 2. The maximum absolute atomic E-state index is 12.8. The van der Waals surface area contributed by atoms with Gasteiger partial charge in [0.1, 0.15) is 5.03 Å². The Morgan fingerprint density at radius 1 is 1.11 bits per heavy atom. The highest BCUT2D eigenvalue weighted by molar-refractivity contribution is 7.99. The lowest BCUT2D eigenvalue weighted by atomic mass is 10.00. The van der Waals surface area contributed by atoms with Gasteiger partial charge in [-0.05, 0) is 43.0 Å². The van der Waals surface area contributed by atoms with E-state index in [4.69, 9.17) is 11.6 Å². The fourth-order valence-electron chi connectivity index (χ4n) is 2.76. The first-order chi connectivity index (χ1) is 13.5. The lowest BCUT2D eigenvalue weighted by Crippen LogP contribution is -2.29. The molecule has 0 radical (unpaired) electrons. The minimum absolute atomic E-state index is 0.189. The lowest BCUT2D eigenvalue weighted by Gasteiger charge is -2.14. The summed E-state index contributed by atoms with van der Waals surface area (Å²) in [5.41, 5.74) is 2.95. The Hall–Kier alpha value is -2.37. The quantitative estimate of drug-likeness (QED) is 0.580. The van der Waals surface area contributed by atoms with Crippen LogP contribution in [0.25, 0.3) is 0 Å². The van der Waals surface area contributed by atoms with Gasteiger partial charge in [0.05, 0.1) is 5.56 Å². The average Bonchev–Trinajstić information content (AvgIpc) is 2.70. The van der Waals surface area contributed by atoms with E-state index in [0.717, 1.165) is 11.3 Å². The van der Waals surface area contributed by atoms with Crippen molar-refractivity contribution < 1.29 is 4.79 Å². The summed E-state index contributed by atoms with van der Waals surface area (Å²) >= 11 is 7.38. The van der Waals surface area contributed by atoms with Crippen LogP contribution in [0.3, 0.4) is 0 Å². The van der Waals surface area contributed by atoms with Crippen LogP contribution in [-0.2, 0) is 6.42 Å². The first-order valence-electron chi connectivity index (χ1n) is 9.11. The molecule has 0 aliphatic heterocycles. The molecule has 1 unspecified atom stereocenters. The molecule has 1 N–H and O–H groups in total. The van der Waals surface area contributed by atoms with E-state index in [1.807, 2.05) is 30.3 Å². The number of aromatic nitrogens is 2. The minimum atomic E-state index is -0.189. The molecule has 1 heterocycles. The fourth-order valence-corrected chi connectivity index (χ4v) is 3.76. The molecule has 0 saturated heterocycles. The number of halogens is 1. The van der Waals surface area contributed by atoms with Crippen molar-refractivity contribution in [3.05, 3.63) is 82.5 Å². The van der Waals surface area contributed by atoms with Crippen molar-refractivity contribution in [1.82, 2.24) is 15.5 Å². The van der Waals surface area contributed by atoms with Crippen LogP contribution in [0.1, 0.15) is 28.4 Å². The highest BCUT2D eigenvalue weighted by Gasteiger charge is 2.16. The number of carbonyl (C=O) groups excluding carboxylic acids is 1. The van der Waals surface area contributed by atoms with Crippen LogP contribution in [-0.4, -0.2) is 22.6 Å². The van der Waals surface area contributed by atoms with Gasteiger partial charge in [0, 0.05) is 11.4 Å². The molecule has 0 aliphatic carbocycles. The third-order valence-corrected chi connectivity index (χ3v) is 5.44. The molecule has 0 fully saturated rings. The second kappa shape index (κ2) is 9.71. The zero-order chi connectivity index (χ0) is 19.9. The van der Waals surface area contributed by atoms with Crippen molar-refractivity contribution in [2.24, 2.45) is 5.92 Å². The van der Waals surface area contributed by atoms with Gasteiger partial charge in [-0.2, -0.15) is 0 Å². The summed E-state index contributed by atoms with van der Waals surface area (Å²) in [6.45, 7) is 4.77. The highest BCUT2D eigenvalue weighted by atomic mass is 35.5. The summed E-state index contributed by atoms with van der Waals surface area (Å²) in [4.78, 5) is 13.7. The van der Waals surface area contributed by atoms with Gasteiger partial charge in [0.2, 0.25) is 0 Å². The molecule has 1 amide bonds. The Morgan fingerprint density at radius 2 is 1.82 bits per heavy atom. The van der Waals surface area contributed by atoms with Crippen molar-refractivity contribution in [1.29, 1.82) is 0 Å². The predicted octanol–water partition coefficient (Wildman–Crippen LogP) is 5.20. The monoisotopic (exact) mass is 411 g/mol. The van der Waals surface area contributed by atoms with Gasteiger partial charge in [0.15, 0.2) is 5.15 Å². The Bertz CT molecular complexity index is 932. The first-order valence-corrected chi connectivity index (χ1v) is 10.3. The van der Waals surface area contributed by atoms with Crippen LogP contribution in [0.2, 0.25) is 5.15 Å². The molecule has 0 saturated carbocycles. The molecule has 0 bridgehead atoms. The number of aryl methyl sites for hydroxylation is 1. The van der Waals surface area contributed by atoms with Gasteiger partial charge in [-0.25, -0.2) is 0 Å². The molecular formula is C22H22ClN3OS. The smallest absolute Gasteiger partial charge is 0.254 e. The number of rotatable bonds is 7. The van der Waals surface area contributed by atoms with Crippen molar-refractivity contribution in [3.63, 3.8) is 0 Å². The molecule has 1 aromatic heterocycles. The maximum atomic E-state index is 12.8. The molecule has 2 aromatic carbocycles. The van der Waals surface area contributed by atoms with Crippen LogP contribution >= 0.6 is 23.4 Å². The van der Waals surface area contributed by atoms with Crippen molar-refractivity contribution in [2.75, 3.05) is 6.54 Å².